The lowest BCUT2D eigenvalue weighted by Gasteiger charge is -1.90. The van der Waals surface area contributed by atoms with E-state index in [0.717, 1.165) is 0 Å². The van der Waals surface area contributed by atoms with Crippen molar-refractivity contribution in [3.05, 3.63) is 0 Å². The van der Waals surface area contributed by atoms with Crippen LogP contribution in [0.25, 0.3) is 0 Å². The lowest BCUT2D eigenvalue weighted by molar-refractivity contribution is -0.111. The van der Waals surface area contributed by atoms with Crippen LogP contribution in [0.2, 0.25) is 0 Å². The van der Waals surface area contributed by atoms with E-state index in [1.807, 2.05) is 0 Å². The Morgan fingerprint density at radius 1 is 1.64 bits per heavy atom. The highest BCUT2D eigenvalue weighted by Gasteiger charge is 2.16. The molecule has 0 aromatic heterocycles. The molecular formula is C4H3Cl3INO2. The number of aliphatic hydroxyl groups excluding tert-OH is 1. The van der Waals surface area contributed by atoms with E-state index in [4.69, 9.17) is 45.2 Å². The monoisotopic (exact) mass is 329 g/mol. The molecule has 0 atom stereocenters. The smallest absolute Gasteiger partial charge is 0.277 e. The molecule has 0 saturated heterocycles. The molecule has 0 radical (unpaired) electrons. The molecule has 0 heterocycles. The molecule has 0 spiro atoms. The third-order valence-electron chi connectivity index (χ3n) is 0.251. The second-order valence-electron chi connectivity index (χ2n) is 1.12. The molecule has 0 unspecified atom stereocenters. The number of nitrogens with zero attached hydrogens (tertiary/aromatic N) is 1. The molecule has 7 heteroatoms. The van der Waals surface area contributed by atoms with Crippen LogP contribution in [-0.2, 0) is 4.79 Å². The summed E-state index contributed by atoms with van der Waals surface area (Å²) in [6.45, 7) is -0.347. The van der Waals surface area contributed by atoms with Crippen LogP contribution in [0, 0.1) is 11.3 Å². The molecule has 3 nitrogen and oxygen atoms in total. The zero-order valence-corrected chi connectivity index (χ0v) is 9.45. The van der Waals surface area contributed by atoms with Crippen molar-refractivity contribution < 1.29 is 9.90 Å². The number of alkyl halides is 3. The largest absolute Gasteiger partial charge is 0.388 e. The van der Waals surface area contributed by atoms with Gasteiger partial charge in [0, 0.05) is 22.6 Å². The van der Waals surface area contributed by atoms with Crippen molar-refractivity contribution in [2.24, 2.45) is 0 Å². The van der Waals surface area contributed by atoms with Crippen LogP contribution in [0.4, 0.5) is 0 Å². The molecule has 0 aliphatic heterocycles. The number of rotatable bonds is 1. The highest BCUT2D eigenvalue weighted by molar-refractivity contribution is 14.1. The van der Waals surface area contributed by atoms with E-state index in [1.54, 1.807) is 0 Å². The Hall–Kier alpha value is 0.720. The van der Waals surface area contributed by atoms with E-state index in [9.17, 15) is 4.79 Å². The standard InChI is InChI=1S/C2Cl3N.C2H3IO2/c3-2(4,5)1-6;3-2(5)1-4/h;4H,1H2. The molecule has 0 saturated carbocycles. The van der Waals surface area contributed by atoms with Crippen molar-refractivity contribution in [2.45, 2.75) is 3.79 Å². The minimum absolute atomic E-state index is 0.220. The zero-order valence-electron chi connectivity index (χ0n) is 5.02. The van der Waals surface area contributed by atoms with Crippen molar-refractivity contribution in [3.63, 3.8) is 0 Å². The van der Waals surface area contributed by atoms with Crippen molar-refractivity contribution in [2.75, 3.05) is 6.61 Å². The van der Waals surface area contributed by atoms with E-state index in [-0.39, 0.29) is 10.4 Å². The van der Waals surface area contributed by atoms with Crippen LogP contribution in [0.5, 0.6) is 0 Å². The van der Waals surface area contributed by atoms with Crippen LogP contribution >= 0.6 is 57.4 Å². The number of hydrogen-bond donors (Lipinski definition) is 1. The summed E-state index contributed by atoms with van der Waals surface area (Å²) in [5, 5.41) is 15.5. The van der Waals surface area contributed by atoms with E-state index < -0.39 is 3.79 Å². The summed E-state index contributed by atoms with van der Waals surface area (Å²) in [7, 11) is 0. The maximum absolute atomic E-state index is 9.55. The number of hydrogen-bond acceptors (Lipinski definition) is 3. The highest BCUT2D eigenvalue weighted by Crippen LogP contribution is 2.23. The third kappa shape index (κ3) is 24.9. The number of halogens is 4. The number of carbonyl (C=O) groups excluding carboxylic acids is 1. The van der Waals surface area contributed by atoms with Crippen molar-refractivity contribution in [3.8, 4) is 6.07 Å². The summed E-state index contributed by atoms with van der Waals surface area (Å²) in [6.07, 6.45) is 0. The molecule has 0 bridgehead atoms. The van der Waals surface area contributed by atoms with Gasteiger partial charge in [0.25, 0.3) is 3.79 Å². The molecule has 11 heavy (non-hydrogen) atoms. The normalized spacial score (nSPS) is 9.09. The Morgan fingerprint density at radius 3 is 1.82 bits per heavy atom. The van der Waals surface area contributed by atoms with Gasteiger partial charge >= 0.3 is 0 Å². The van der Waals surface area contributed by atoms with Gasteiger partial charge in [0.1, 0.15) is 12.7 Å². The average Bonchev–Trinajstić information content (AvgIpc) is 1.88. The van der Waals surface area contributed by atoms with Crippen LogP contribution < -0.4 is 0 Å². The maximum atomic E-state index is 9.55. The Bertz CT molecular complexity index is 162. The first-order valence-electron chi connectivity index (χ1n) is 2.10. The van der Waals surface area contributed by atoms with Crippen LogP contribution in [0.1, 0.15) is 0 Å². The minimum atomic E-state index is -1.74. The van der Waals surface area contributed by atoms with Gasteiger partial charge in [-0.3, -0.25) is 4.79 Å². The molecule has 1 N–H and O–H groups in total. The molecule has 0 rings (SSSR count). The quantitative estimate of drug-likeness (QED) is 0.453. The fraction of sp³-hybridized carbons (Fsp3) is 0.500. The Morgan fingerprint density at radius 2 is 1.82 bits per heavy atom. The molecule has 0 aromatic rings. The lowest BCUT2D eigenvalue weighted by atomic mass is 10.9. The van der Waals surface area contributed by atoms with Crippen molar-refractivity contribution in [1.29, 1.82) is 5.26 Å². The topological polar surface area (TPSA) is 61.1 Å². The second-order valence-corrected chi connectivity index (χ2v) is 4.61. The molecule has 64 valence electrons. The van der Waals surface area contributed by atoms with E-state index in [2.05, 4.69) is 0 Å². The van der Waals surface area contributed by atoms with E-state index in [1.165, 1.54) is 28.7 Å². The van der Waals surface area contributed by atoms with Gasteiger partial charge in [-0.1, -0.05) is 34.8 Å². The molecule has 0 aliphatic rings. The molecule has 0 fully saturated rings. The predicted molar refractivity (Wildman–Crippen MR) is 52.0 cm³/mol. The van der Waals surface area contributed by atoms with Crippen molar-refractivity contribution >= 4 is 61.2 Å². The molecule has 0 aromatic carbocycles. The molecular weight excluding hydrogens is 327 g/mol. The fourth-order valence-electron chi connectivity index (χ4n) is 0. The van der Waals surface area contributed by atoms with Crippen molar-refractivity contribution in [1.82, 2.24) is 0 Å². The lowest BCUT2D eigenvalue weighted by Crippen LogP contribution is -1.92. The van der Waals surface area contributed by atoms with E-state index >= 15 is 0 Å². The second kappa shape index (κ2) is 7.37. The van der Waals surface area contributed by atoms with Gasteiger partial charge in [0.15, 0.2) is 0 Å². The number of aliphatic hydroxyl groups is 1. The van der Waals surface area contributed by atoms with Gasteiger partial charge in [-0.05, 0) is 0 Å². The van der Waals surface area contributed by atoms with Crippen LogP contribution in [-0.4, -0.2) is 19.3 Å². The summed E-state index contributed by atoms with van der Waals surface area (Å²) in [5.74, 6) is 0. The zero-order chi connectivity index (χ0) is 9.49. The summed E-state index contributed by atoms with van der Waals surface area (Å²) >= 11 is 16.2. The third-order valence-corrected chi connectivity index (χ3v) is 0.846. The van der Waals surface area contributed by atoms with Gasteiger partial charge < -0.3 is 5.11 Å². The highest BCUT2D eigenvalue weighted by atomic mass is 127. The van der Waals surface area contributed by atoms with Gasteiger partial charge in [-0.2, -0.15) is 5.26 Å². The number of carbonyl (C=O) groups is 1. The first-order chi connectivity index (χ1) is 4.83. The minimum Gasteiger partial charge on any atom is -0.388 e. The summed E-state index contributed by atoms with van der Waals surface area (Å²) in [6, 6.07) is 1.40. The number of nitriles is 1. The van der Waals surface area contributed by atoms with Gasteiger partial charge in [-0.15, -0.1) is 0 Å². The molecule has 0 amide bonds. The molecule has 0 aliphatic carbocycles. The first-order valence-corrected chi connectivity index (χ1v) is 4.32. The Labute approximate surface area is 92.4 Å². The average molecular weight is 330 g/mol. The Kier molecular flexibility index (Phi) is 9.56. The summed E-state index contributed by atoms with van der Waals surface area (Å²) in [4.78, 5) is 9.55. The SMILES string of the molecule is N#CC(Cl)(Cl)Cl.O=C(I)CO. The summed E-state index contributed by atoms with van der Waals surface area (Å²) < 4.78 is -1.96. The van der Waals surface area contributed by atoms with Crippen LogP contribution in [0.3, 0.4) is 0 Å². The fourth-order valence-corrected chi connectivity index (χ4v) is 0. The Balaban J connectivity index is 0. The van der Waals surface area contributed by atoms with E-state index in [0.29, 0.717) is 0 Å². The summed E-state index contributed by atoms with van der Waals surface area (Å²) in [5.41, 5.74) is 0. The van der Waals surface area contributed by atoms with Crippen LogP contribution in [0.15, 0.2) is 0 Å². The predicted octanol–water partition coefficient (Wildman–Crippen LogP) is 1.82. The van der Waals surface area contributed by atoms with Gasteiger partial charge in [0.2, 0.25) is 3.79 Å². The van der Waals surface area contributed by atoms with Gasteiger partial charge in [-0.25, -0.2) is 0 Å². The van der Waals surface area contributed by atoms with Gasteiger partial charge in [0.05, 0.1) is 0 Å². The first kappa shape index (κ1) is 14.3. The maximum Gasteiger partial charge on any atom is 0.277 e.